The summed E-state index contributed by atoms with van der Waals surface area (Å²) < 4.78 is 11.2. The van der Waals surface area contributed by atoms with Crippen molar-refractivity contribution in [2.75, 3.05) is 20.3 Å². The molecule has 2 heterocycles. The topological polar surface area (TPSA) is 50.8 Å². The van der Waals surface area contributed by atoms with Gasteiger partial charge in [0.05, 0.1) is 13.7 Å². The van der Waals surface area contributed by atoms with Crippen LogP contribution in [-0.2, 0) is 4.79 Å². The minimum atomic E-state index is 0.222. The van der Waals surface area contributed by atoms with Crippen molar-refractivity contribution in [1.82, 2.24) is 10.2 Å². The van der Waals surface area contributed by atoms with Crippen LogP contribution in [0.1, 0.15) is 43.7 Å². The van der Waals surface area contributed by atoms with Gasteiger partial charge in [-0.2, -0.15) is 0 Å². The maximum absolute atomic E-state index is 12.2. The number of amides is 1. The molecule has 1 N–H and O–H groups in total. The molecule has 2 aliphatic heterocycles. The van der Waals surface area contributed by atoms with E-state index in [4.69, 9.17) is 9.47 Å². The fourth-order valence-electron chi connectivity index (χ4n) is 3.72. The first-order valence-electron chi connectivity index (χ1n) is 8.61. The van der Waals surface area contributed by atoms with E-state index in [9.17, 15) is 4.79 Å². The molecule has 1 saturated carbocycles. The van der Waals surface area contributed by atoms with E-state index >= 15 is 0 Å². The molecule has 0 unspecified atom stereocenters. The summed E-state index contributed by atoms with van der Waals surface area (Å²) in [5.41, 5.74) is 1.15. The molecular formula is C18H24N2O3. The molecule has 4 rings (SSSR count). The molecule has 1 amide bonds. The van der Waals surface area contributed by atoms with Crippen LogP contribution in [0.5, 0.6) is 11.5 Å². The molecule has 23 heavy (non-hydrogen) atoms. The van der Waals surface area contributed by atoms with Gasteiger partial charge in [0, 0.05) is 36.7 Å². The zero-order valence-electron chi connectivity index (χ0n) is 13.6. The van der Waals surface area contributed by atoms with Crippen LogP contribution in [-0.4, -0.2) is 43.2 Å². The van der Waals surface area contributed by atoms with Crippen LogP contribution in [0.4, 0.5) is 0 Å². The third-order valence-corrected chi connectivity index (χ3v) is 5.07. The smallest absolute Gasteiger partial charge is 0.224 e. The summed E-state index contributed by atoms with van der Waals surface area (Å²) in [6.07, 6.45) is 5.01. The first-order valence-corrected chi connectivity index (χ1v) is 8.61. The predicted octanol–water partition coefficient (Wildman–Crippen LogP) is 2.26. The van der Waals surface area contributed by atoms with Crippen LogP contribution in [0.15, 0.2) is 18.2 Å². The van der Waals surface area contributed by atoms with Crippen molar-refractivity contribution in [2.24, 2.45) is 0 Å². The molecule has 0 radical (unpaired) electrons. The summed E-state index contributed by atoms with van der Waals surface area (Å²) in [5, 5.41) is 3.71. The fourth-order valence-corrected chi connectivity index (χ4v) is 3.72. The van der Waals surface area contributed by atoms with Gasteiger partial charge in [-0.3, -0.25) is 4.79 Å². The van der Waals surface area contributed by atoms with Crippen molar-refractivity contribution < 1.29 is 14.3 Å². The molecule has 5 heteroatoms. The van der Waals surface area contributed by atoms with E-state index in [2.05, 4.69) is 16.3 Å². The van der Waals surface area contributed by atoms with Gasteiger partial charge in [-0.25, -0.2) is 0 Å². The fraction of sp³-hybridized carbons (Fsp3) is 0.611. The Hall–Kier alpha value is -1.75. The van der Waals surface area contributed by atoms with Crippen LogP contribution in [0.2, 0.25) is 0 Å². The van der Waals surface area contributed by atoms with Crippen molar-refractivity contribution in [3.05, 3.63) is 23.8 Å². The Morgan fingerprint density at radius 1 is 1.30 bits per heavy atom. The summed E-state index contributed by atoms with van der Waals surface area (Å²) in [4.78, 5) is 14.2. The monoisotopic (exact) mass is 316 g/mol. The van der Waals surface area contributed by atoms with E-state index < -0.39 is 0 Å². The molecule has 1 aliphatic carbocycles. The van der Waals surface area contributed by atoms with E-state index in [0.29, 0.717) is 18.4 Å². The number of fused-ring (bicyclic) bond motifs is 1. The van der Waals surface area contributed by atoms with Gasteiger partial charge in [-0.05, 0) is 43.9 Å². The minimum Gasteiger partial charge on any atom is -0.497 e. The van der Waals surface area contributed by atoms with Crippen LogP contribution >= 0.6 is 0 Å². The molecule has 0 bridgehead atoms. The van der Waals surface area contributed by atoms with Crippen molar-refractivity contribution in [3.63, 3.8) is 0 Å². The van der Waals surface area contributed by atoms with Gasteiger partial charge in [0.1, 0.15) is 11.5 Å². The van der Waals surface area contributed by atoms with Crippen LogP contribution in [0.25, 0.3) is 0 Å². The number of hydrogen-bond donors (Lipinski definition) is 1. The summed E-state index contributed by atoms with van der Waals surface area (Å²) >= 11 is 0. The predicted molar refractivity (Wildman–Crippen MR) is 86.7 cm³/mol. The van der Waals surface area contributed by atoms with E-state index in [-0.39, 0.29) is 12.1 Å². The highest BCUT2D eigenvalue weighted by Gasteiger charge is 2.40. The number of nitrogens with one attached hydrogen (secondary N) is 1. The Morgan fingerprint density at radius 2 is 2.17 bits per heavy atom. The van der Waals surface area contributed by atoms with E-state index in [1.807, 2.05) is 12.1 Å². The van der Waals surface area contributed by atoms with Gasteiger partial charge in [0.2, 0.25) is 5.91 Å². The van der Waals surface area contributed by atoms with Gasteiger partial charge in [0.15, 0.2) is 0 Å². The van der Waals surface area contributed by atoms with Crippen LogP contribution in [0.3, 0.4) is 0 Å². The molecule has 1 aromatic rings. The largest absolute Gasteiger partial charge is 0.497 e. The lowest BCUT2D eigenvalue weighted by Gasteiger charge is -2.23. The Kier molecular flexibility index (Phi) is 3.89. The number of likely N-dealkylation sites (tertiary alicyclic amines) is 1. The summed E-state index contributed by atoms with van der Waals surface area (Å²) in [6, 6.07) is 6.97. The van der Waals surface area contributed by atoms with Crippen molar-refractivity contribution in [2.45, 2.75) is 50.2 Å². The van der Waals surface area contributed by atoms with E-state index in [0.717, 1.165) is 43.1 Å². The average Bonchev–Trinajstić information content (AvgIpc) is 3.35. The quantitative estimate of drug-likeness (QED) is 0.926. The zero-order valence-corrected chi connectivity index (χ0v) is 13.6. The average molecular weight is 316 g/mol. The highest BCUT2D eigenvalue weighted by Crippen LogP contribution is 2.36. The molecule has 5 nitrogen and oxygen atoms in total. The highest BCUT2D eigenvalue weighted by molar-refractivity contribution is 5.80. The molecular weight excluding hydrogens is 292 g/mol. The van der Waals surface area contributed by atoms with E-state index in [1.54, 1.807) is 7.11 Å². The standard InChI is InChI=1S/C18H24N2O3/c1-22-14-6-7-17-15(10-14)16(3-2-8-23-17)19-12-9-18(21)20(11-12)13-4-5-13/h6-7,10,12-13,16,19H,2-5,8-9,11H2,1H3/t12-,16+/m1/s1. The molecule has 2 atom stereocenters. The normalized spacial score (nSPS) is 27.3. The van der Waals surface area contributed by atoms with Crippen molar-refractivity contribution in [1.29, 1.82) is 0 Å². The number of nitrogens with zero attached hydrogens (tertiary/aromatic N) is 1. The second-order valence-corrected chi connectivity index (χ2v) is 6.79. The minimum absolute atomic E-state index is 0.222. The lowest BCUT2D eigenvalue weighted by molar-refractivity contribution is -0.128. The number of hydrogen-bond acceptors (Lipinski definition) is 4. The lowest BCUT2D eigenvalue weighted by atomic mass is 10.0. The Bertz CT molecular complexity index is 600. The molecule has 0 aromatic heterocycles. The summed E-state index contributed by atoms with van der Waals surface area (Å²) in [6.45, 7) is 1.59. The number of rotatable bonds is 4. The number of carbonyl (C=O) groups is 1. The van der Waals surface area contributed by atoms with Gasteiger partial charge < -0.3 is 19.7 Å². The summed E-state index contributed by atoms with van der Waals surface area (Å²) in [5.74, 6) is 2.09. The Balaban J connectivity index is 1.51. The maximum atomic E-state index is 12.2. The molecule has 124 valence electrons. The Morgan fingerprint density at radius 3 is 2.96 bits per heavy atom. The van der Waals surface area contributed by atoms with Gasteiger partial charge >= 0.3 is 0 Å². The van der Waals surface area contributed by atoms with Crippen LogP contribution < -0.4 is 14.8 Å². The second kappa shape index (κ2) is 6.04. The zero-order chi connectivity index (χ0) is 15.8. The lowest BCUT2D eigenvalue weighted by Crippen LogP contribution is -2.36. The number of carbonyl (C=O) groups excluding carboxylic acids is 1. The maximum Gasteiger partial charge on any atom is 0.224 e. The second-order valence-electron chi connectivity index (χ2n) is 6.79. The van der Waals surface area contributed by atoms with E-state index in [1.165, 1.54) is 12.8 Å². The van der Waals surface area contributed by atoms with Gasteiger partial charge in [0.25, 0.3) is 0 Å². The third kappa shape index (κ3) is 3.02. The highest BCUT2D eigenvalue weighted by atomic mass is 16.5. The van der Waals surface area contributed by atoms with Crippen molar-refractivity contribution in [3.8, 4) is 11.5 Å². The third-order valence-electron chi connectivity index (χ3n) is 5.07. The Labute approximate surface area is 136 Å². The summed E-state index contributed by atoms with van der Waals surface area (Å²) in [7, 11) is 1.69. The van der Waals surface area contributed by atoms with Gasteiger partial charge in [-0.1, -0.05) is 0 Å². The van der Waals surface area contributed by atoms with Crippen molar-refractivity contribution >= 4 is 5.91 Å². The van der Waals surface area contributed by atoms with Crippen LogP contribution in [0, 0.1) is 0 Å². The number of methoxy groups -OCH3 is 1. The SMILES string of the molecule is COc1ccc2c(c1)[C@@H](N[C@@H]1CC(=O)N(C3CC3)C1)CCCO2. The van der Waals surface area contributed by atoms with Gasteiger partial charge in [-0.15, -0.1) is 0 Å². The number of ether oxygens (including phenoxy) is 2. The first kappa shape index (κ1) is 14.8. The molecule has 1 aromatic carbocycles. The molecule has 3 aliphatic rings. The number of benzene rings is 1. The first-order chi connectivity index (χ1) is 11.2. The molecule has 1 saturated heterocycles. The molecule has 0 spiro atoms. The molecule has 2 fully saturated rings.